The van der Waals surface area contributed by atoms with Crippen molar-refractivity contribution in [2.75, 3.05) is 63.2 Å². The van der Waals surface area contributed by atoms with Crippen molar-refractivity contribution in [2.45, 2.75) is 71.4 Å². The molecule has 1 aliphatic carbocycles. The molecule has 4 rings (SSSR count). The number of hydroxylamine groups is 2. The second-order valence-corrected chi connectivity index (χ2v) is 13.5. The van der Waals surface area contributed by atoms with E-state index in [0.29, 0.717) is 42.5 Å². The van der Waals surface area contributed by atoms with Gasteiger partial charge in [0.1, 0.15) is 11.9 Å². The molecule has 2 aliphatic heterocycles. The van der Waals surface area contributed by atoms with Gasteiger partial charge in [0.25, 0.3) is 0 Å². The van der Waals surface area contributed by atoms with Crippen LogP contribution in [-0.2, 0) is 14.4 Å². The van der Waals surface area contributed by atoms with Gasteiger partial charge >= 0.3 is 0 Å². The van der Waals surface area contributed by atoms with Crippen molar-refractivity contribution in [3.05, 3.63) is 23.5 Å². The number of benzene rings is 1. The molecule has 3 N–H and O–H groups in total. The monoisotopic (exact) mass is 588 g/mol. The average molecular weight is 589 g/mol. The van der Waals surface area contributed by atoms with E-state index in [0.717, 1.165) is 63.1 Å². The first-order valence-corrected chi connectivity index (χ1v) is 15.4. The molecule has 2 heterocycles. The first-order chi connectivity index (χ1) is 19.9. The molecular weight excluding hydrogens is 539 g/mol. The zero-order valence-electron chi connectivity index (χ0n) is 25.9. The standard InChI is InChI=1S/C31H49FN6O4/c1-31(2,3)28(34-29(40)22(19-38(42)20-39)16-21-8-6-7-9-21)30(41)33-25-10-11-36(5)26-18-27(24(32)17-23(25)26)37-14-12-35(4)13-15-37/h17-18,20-22,25,28,42H,6-16,19H2,1-5H3,(H,33,41)(H,34,40)/t22-,25?,28-/m1/s1. The number of piperazine rings is 1. The molecule has 3 amide bonds. The number of amides is 3. The predicted molar refractivity (Wildman–Crippen MR) is 161 cm³/mol. The Kier molecular flexibility index (Phi) is 10.4. The Morgan fingerprint density at radius 3 is 2.33 bits per heavy atom. The van der Waals surface area contributed by atoms with Crippen LogP contribution in [0.25, 0.3) is 0 Å². The molecule has 0 radical (unpaired) electrons. The van der Waals surface area contributed by atoms with Gasteiger partial charge in [0.05, 0.1) is 24.2 Å². The van der Waals surface area contributed by atoms with Crippen LogP contribution in [0.1, 0.15) is 70.9 Å². The third-order valence-electron chi connectivity index (χ3n) is 9.20. The summed E-state index contributed by atoms with van der Waals surface area (Å²) in [7, 11) is 4.05. The summed E-state index contributed by atoms with van der Waals surface area (Å²) in [6.45, 7) is 9.49. The number of fused-ring (bicyclic) bond motifs is 1. The Labute approximate surface area is 249 Å². The summed E-state index contributed by atoms with van der Waals surface area (Å²) in [5, 5.41) is 16.5. The number of hydrogen-bond donors (Lipinski definition) is 3. The maximum atomic E-state index is 15.5. The van der Waals surface area contributed by atoms with Crippen LogP contribution < -0.4 is 20.4 Å². The molecule has 10 nitrogen and oxygen atoms in total. The van der Waals surface area contributed by atoms with E-state index in [9.17, 15) is 19.6 Å². The minimum atomic E-state index is -0.864. The van der Waals surface area contributed by atoms with Crippen LogP contribution in [0.2, 0.25) is 0 Å². The zero-order valence-corrected chi connectivity index (χ0v) is 25.9. The van der Waals surface area contributed by atoms with Crippen molar-refractivity contribution >= 4 is 29.6 Å². The van der Waals surface area contributed by atoms with Crippen molar-refractivity contribution in [3.8, 4) is 0 Å². The van der Waals surface area contributed by atoms with Gasteiger partial charge < -0.3 is 25.3 Å². The lowest BCUT2D eigenvalue weighted by Crippen LogP contribution is -2.56. The molecule has 1 aromatic rings. The van der Waals surface area contributed by atoms with Crippen LogP contribution >= 0.6 is 0 Å². The molecular formula is C31H49FN6O4. The van der Waals surface area contributed by atoms with Crippen LogP contribution in [0.15, 0.2) is 12.1 Å². The maximum absolute atomic E-state index is 15.5. The number of likely N-dealkylation sites (N-methyl/N-ethyl adjacent to an activating group) is 1. The fraction of sp³-hybridized carbons (Fsp3) is 0.710. The fourth-order valence-corrected chi connectivity index (χ4v) is 6.59. The van der Waals surface area contributed by atoms with Crippen molar-refractivity contribution in [3.63, 3.8) is 0 Å². The Balaban J connectivity index is 1.51. The lowest BCUT2D eigenvalue weighted by Gasteiger charge is -2.39. The van der Waals surface area contributed by atoms with Crippen molar-refractivity contribution in [2.24, 2.45) is 17.3 Å². The highest BCUT2D eigenvalue weighted by Crippen LogP contribution is 2.38. The summed E-state index contributed by atoms with van der Waals surface area (Å²) < 4.78 is 15.5. The van der Waals surface area contributed by atoms with E-state index < -0.39 is 23.4 Å². The summed E-state index contributed by atoms with van der Waals surface area (Å²) in [5.74, 6) is -1.27. The van der Waals surface area contributed by atoms with Gasteiger partial charge in [0.15, 0.2) is 0 Å². The first kappa shape index (κ1) is 32.0. The number of carbonyl (C=O) groups is 3. The Hall–Kier alpha value is -2.92. The van der Waals surface area contributed by atoms with E-state index in [4.69, 9.17) is 0 Å². The summed E-state index contributed by atoms with van der Waals surface area (Å²) >= 11 is 0. The molecule has 0 bridgehead atoms. The fourth-order valence-electron chi connectivity index (χ4n) is 6.59. The minimum absolute atomic E-state index is 0.123. The minimum Gasteiger partial charge on any atom is -0.374 e. The van der Waals surface area contributed by atoms with E-state index in [-0.39, 0.29) is 24.2 Å². The lowest BCUT2D eigenvalue weighted by molar-refractivity contribution is -0.155. The molecule has 3 atom stereocenters. The van der Waals surface area contributed by atoms with E-state index in [1.165, 1.54) is 0 Å². The van der Waals surface area contributed by atoms with E-state index in [1.54, 1.807) is 6.07 Å². The Morgan fingerprint density at radius 2 is 1.71 bits per heavy atom. The average Bonchev–Trinajstić information content (AvgIpc) is 3.45. The molecule has 1 saturated carbocycles. The van der Waals surface area contributed by atoms with Gasteiger partial charge in [0.2, 0.25) is 18.2 Å². The molecule has 42 heavy (non-hydrogen) atoms. The number of nitrogens with zero attached hydrogens (tertiary/aromatic N) is 4. The molecule has 0 spiro atoms. The summed E-state index contributed by atoms with van der Waals surface area (Å²) in [6, 6.07) is 2.19. The third-order valence-corrected chi connectivity index (χ3v) is 9.20. The van der Waals surface area contributed by atoms with Crippen LogP contribution in [-0.4, -0.2) is 92.8 Å². The molecule has 1 unspecified atom stereocenters. The normalized spacial score (nSPS) is 21.5. The Morgan fingerprint density at radius 1 is 1.05 bits per heavy atom. The topological polar surface area (TPSA) is 108 Å². The van der Waals surface area contributed by atoms with Crippen molar-refractivity contribution in [1.29, 1.82) is 0 Å². The molecule has 1 aromatic carbocycles. The molecule has 2 fully saturated rings. The number of anilines is 2. The van der Waals surface area contributed by atoms with Gasteiger partial charge in [-0.2, -0.15) is 0 Å². The van der Waals surface area contributed by atoms with Crippen molar-refractivity contribution < 1.29 is 24.0 Å². The zero-order chi connectivity index (χ0) is 30.6. The molecule has 11 heteroatoms. The SMILES string of the molecule is CN1CCN(c2cc3c(cc2F)C(NC(=O)[C@@H](NC(=O)[C@H](CC2CCCC2)CN(O)C=O)C(C)(C)C)CCN3C)CC1. The van der Waals surface area contributed by atoms with E-state index in [1.807, 2.05) is 33.9 Å². The largest absolute Gasteiger partial charge is 0.374 e. The van der Waals surface area contributed by atoms with Gasteiger partial charge in [-0.15, -0.1) is 0 Å². The number of rotatable bonds is 10. The number of nitrogens with one attached hydrogen (secondary N) is 2. The maximum Gasteiger partial charge on any atom is 0.243 e. The quantitative estimate of drug-likeness (QED) is 0.219. The Bertz CT molecular complexity index is 1110. The molecule has 3 aliphatic rings. The summed E-state index contributed by atoms with van der Waals surface area (Å²) in [6.07, 6.45) is 5.71. The lowest BCUT2D eigenvalue weighted by atomic mass is 9.84. The van der Waals surface area contributed by atoms with Crippen molar-refractivity contribution in [1.82, 2.24) is 20.6 Å². The summed E-state index contributed by atoms with van der Waals surface area (Å²) in [4.78, 5) is 44.9. The van der Waals surface area contributed by atoms with Crippen LogP contribution in [0.5, 0.6) is 0 Å². The van der Waals surface area contributed by atoms with Crippen LogP contribution in [0.3, 0.4) is 0 Å². The molecule has 234 valence electrons. The van der Waals surface area contributed by atoms with Gasteiger partial charge in [-0.25, -0.2) is 9.45 Å². The highest BCUT2D eigenvalue weighted by atomic mass is 19.1. The number of hydrogen-bond acceptors (Lipinski definition) is 7. The van der Waals surface area contributed by atoms with Gasteiger partial charge in [-0.1, -0.05) is 46.5 Å². The smallest absolute Gasteiger partial charge is 0.243 e. The third kappa shape index (κ3) is 7.72. The van der Waals surface area contributed by atoms with Crippen LogP contribution in [0, 0.1) is 23.1 Å². The van der Waals surface area contributed by atoms with Gasteiger partial charge in [-0.05, 0) is 43.4 Å². The van der Waals surface area contributed by atoms with Gasteiger partial charge in [-0.3, -0.25) is 19.6 Å². The highest BCUT2D eigenvalue weighted by Gasteiger charge is 2.38. The second-order valence-electron chi connectivity index (χ2n) is 13.5. The molecule has 1 saturated heterocycles. The van der Waals surface area contributed by atoms with Gasteiger partial charge in [0, 0.05) is 51.0 Å². The molecule has 0 aromatic heterocycles. The number of halogens is 1. The first-order valence-electron chi connectivity index (χ1n) is 15.4. The predicted octanol–water partition coefficient (Wildman–Crippen LogP) is 3.15. The second kappa shape index (κ2) is 13.6. The summed E-state index contributed by atoms with van der Waals surface area (Å²) in [5.41, 5.74) is 1.59. The highest BCUT2D eigenvalue weighted by molar-refractivity contribution is 5.89. The number of carbonyl (C=O) groups excluding carboxylic acids is 3. The van der Waals surface area contributed by atoms with E-state index >= 15 is 4.39 Å². The van der Waals surface area contributed by atoms with Crippen LogP contribution in [0.4, 0.5) is 15.8 Å². The van der Waals surface area contributed by atoms with E-state index in [2.05, 4.69) is 32.4 Å².